The average molecular weight is 424 g/mol. The second-order valence-electron chi connectivity index (χ2n) is 6.26. The molecule has 0 atom stereocenters. The summed E-state index contributed by atoms with van der Waals surface area (Å²) in [4.78, 5) is 30.9. The van der Waals surface area contributed by atoms with Crippen LogP contribution in [0.5, 0.6) is 0 Å². The lowest BCUT2D eigenvalue weighted by Crippen LogP contribution is -2.39. The zero-order valence-corrected chi connectivity index (χ0v) is 17.0. The van der Waals surface area contributed by atoms with E-state index in [0.29, 0.717) is 23.2 Å². The molecule has 25 heavy (non-hydrogen) atoms. The first-order chi connectivity index (χ1) is 11.8. The molecule has 2 amide bonds. The number of anilines is 1. The molecule has 2 rings (SSSR count). The first-order valence-electron chi connectivity index (χ1n) is 8.12. The van der Waals surface area contributed by atoms with Gasteiger partial charge < -0.3 is 10.2 Å². The monoisotopic (exact) mass is 423 g/mol. The summed E-state index contributed by atoms with van der Waals surface area (Å²) in [5, 5.41) is 5.20. The maximum atomic E-state index is 12.8. The highest BCUT2D eigenvalue weighted by Crippen LogP contribution is 2.16. The van der Waals surface area contributed by atoms with E-state index in [4.69, 9.17) is 0 Å². The summed E-state index contributed by atoms with van der Waals surface area (Å²) < 4.78 is 0.912. The zero-order chi connectivity index (χ0) is 18.4. The van der Waals surface area contributed by atoms with Gasteiger partial charge in [-0.3, -0.25) is 9.59 Å². The Bertz CT molecular complexity index is 728. The molecule has 0 radical (unpaired) electrons. The van der Waals surface area contributed by atoms with Crippen LogP contribution < -0.4 is 5.32 Å². The maximum absolute atomic E-state index is 12.8. The molecule has 134 valence electrons. The number of benzene rings is 1. The lowest BCUT2D eigenvalue weighted by molar-refractivity contribution is -0.116. The van der Waals surface area contributed by atoms with Gasteiger partial charge in [-0.2, -0.15) is 0 Å². The lowest BCUT2D eigenvalue weighted by atomic mass is 10.1. The van der Waals surface area contributed by atoms with Crippen molar-refractivity contribution in [2.45, 2.75) is 27.2 Å². The van der Waals surface area contributed by atoms with Gasteiger partial charge in [-0.1, -0.05) is 29.8 Å². The first-order valence-corrected chi connectivity index (χ1v) is 9.79. The van der Waals surface area contributed by atoms with Gasteiger partial charge in [0.05, 0.1) is 5.69 Å². The van der Waals surface area contributed by atoms with Crippen molar-refractivity contribution >= 4 is 44.2 Å². The van der Waals surface area contributed by atoms with E-state index in [1.54, 1.807) is 17.0 Å². The number of aryl methyl sites for hydroxylation is 1. The SMILES string of the molecule is Cc1csc(NC(=O)CN(CCC(C)C)C(=O)c2ccc(Br)cc2)n1. The van der Waals surface area contributed by atoms with Gasteiger partial charge in [0.25, 0.3) is 5.91 Å². The van der Waals surface area contributed by atoms with Crippen LogP contribution in [-0.4, -0.2) is 34.8 Å². The number of halogens is 1. The van der Waals surface area contributed by atoms with Crippen LogP contribution in [0.2, 0.25) is 0 Å². The normalized spacial score (nSPS) is 10.8. The van der Waals surface area contributed by atoms with Crippen molar-refractivity contribution in [2.24, 2.45) is 5.92 Å². The topological polar surface area (TPSA) is 62.3 Å². The number of nitrogens with one attached hydrogen (secondary N) is 1. The average Bonchev–Trinajstić information content (AvgIpc) is 2.96. The molecule has 0 aliphatic heterocycles. The molecule has 1 aromatic heterocycles. The number of amides is 2. The van der Waals surface area contributed by atoms with E-state index in [-0.39, 0.29) is 18.4 Å². The van der Waals surface area contributed by atoms with Crippen molar-refractivity contribution in [3.05, 3.63) is 45.4 Å². The second-order valence-corrected chi connectivity index (χ2v) is 8.03. The molecule has 0 fully saturated rings. The molecule has 0 unspecified atom stereocenters. The van der Waals surface area contributed by atoms with Gasteiger partial charge >= 0.3 is 0 Å². The zero-order valence-electron chi connectivity index (χ0n) is 14.6. The molecule has 1 heterocycles. The van der Waals surface area contributed by atoms with Crippen molar-refractivity contribution in [1.82, 2.24) is 9.88 Å². The summed E-state index contributed by atoms with van der Waals surface area (Å²) in [6, 6.07) is 7.17. The van der Waals surface area contributed by atoms with Crippen LogP contribution in [0.25, 0.3) is 0 Å². The van der Waals surface area contributed by atoms with Crippen LogP contribution in [0.3, 0.4) is 0 Å². The molecule has 0 aliphatic carbocycles. The highest BCUT2D eigenvalue weighted by atomic mass is 79.9. The Labute approximate surface area is 160 Å². The van der Waals surface area contributed by atoms with E-state index in [9.17, 15) is 9.59 Å². The third-order valence-corrected chi connectivity index (χ3v) is 4.96. The number of carbonyl (C=O) groups is 2. The van der Waals surface area contributed by atoms with Crippen LogP contribution >= 0.6 is 27.3 Å². The Morgan fingerprint density at radius 2 is 1.96 bits per heavy atom. The molecule has 0 saturated carbocycles. The van der Waals surface area contributed by atoms with Gasteiger partial charge in [-0.05, 0) is 43.5 Å². The Morgan fingerprint density at radius 1 is 1.28 bits per heavy atom. The van der Waals surface area contributed by atoms with Crippen molar-refractivity contribution in [3.63, 3.8) is 0 Å². The Morgan fingerprint density at radius 3 is 2.52 bits per heavy atom. The fourth-order valence-corrected chi connectivity index (χ4v) is 3.15. The Kier molecular flexibility index (Phi) is 7.13. The number of hydrogen-bond donors (Lipinski definition) is 1. The molecule has 0 aliphatic rings. The highest BCUT2D eigenvalue weighted by molar-refractivity contribution is 9.10. The predicted molar refractivity (Wildman–Crippen MR) is 105 cm³/mol. The first kappa shape index (κ1) is 19.6. The summed E-state index contributed by atoms with van der Waals surface area (Å²) in [5.74, 6) is 0.0760. The van der Waals surface area contributed by atoms with Crippen molar-refractivity contribution in [2.75, 3.05) is 18.4 Å². The number of thiazole rings is 1. The van der Waals surface area contributed by atoms with E-state index in [0.717, 1.165) is 16.6 Å². The van der Waals surface area contributed by atoms with Gasteiger partial charge in [-0.15, -0.1) is 11.3 Å². The predicted octanol–water partition coefficient (Wildman–Crippen LogP) is 4.34. The largest absolute Gasteiger partial charge is 0.329 e. The summed E-state index contributed by atoms with van der Waals surface area (Å²) >= 11 is 4.74. The quantitative estimate of drug-likeness (QED) is 0.719. The highest BCUT2D eigenvalue weighted by Gasteiger charge is 2.19. The molecular weight excluding hydrogens is 402 g/mol. The minimum atomic E-state index is -0.233. The van der Waals surface area contributed by atoms with E-state index in [1.807, 2.05) is 24.4 Å². The maximum Gasteiger partial charge on any atom is 0.254 e. The molecule has 0 saturated heterocycles. The molecule has 2 aromatic rings. The standard InChI is InChI=1S/C18H22BrN3O2S/c1-12(2)8-9-22(17(24)14-4-6-15(19)7-5-14)10-16(23)21-18-20-13(3)11-25-18/h4-7,11-12H,8-10H2,1-3H3,(H,20,21,23). The van der Waals surface area contributed by atoms with Gasteiger partial charge in [0.1, 0.15) is 6.54 Å². The van der Waals surface area contributed by atoms with Crippen molar-refractivity contribution in [3.8, 4) is 0 Å². The number of carbonyl (C=O) groups excluding carboxylic acids is 2. The van der Waals surface area contributed by atoms with E-state index >= 15 is 0 Å². The van der Waals surface area contributed by atoms with E-state index in [2.05, 4.69) is 40.1 Å². The lowest BCUT2D eigenvalue weighted by Gasteiger charge is -2.23. The van der Waals surface area contributed by atoms with Gasteiger partial charge in [-0.25, -0.2) is 4.98 Å². The molecule has 5 nitrogen and oxygen atoms in total. The molecule has 1 N–H and O–H groups in total. The second kappa shape index (κ2) is 9.10. The number of nitrogens with zero attached hydrogens (tertiary/aromatic N) is 2. The van der Waals surface area contributed by atoms with Crippen LogP contribution in [-0.2, 0) is 4.79 Å². The molecular formula is C18H22BrN3O2S. The fourth-order valence-electron chi connectivity index (χ4n) is 2.19. The molecule has 7 heteroatoms. The summed E-state index contributed by atoms with van der Waals surface area (Å²) in [5.41, 5.74) is 1.44. The third-order valence-electron chi connectivity index (χ3n) is 3.55. The van der Waals surface area contributed by atoms with Crippen LogP contribution in [0.15, 0.2) is 34.1 Å². The summed E-state index contributed by atoms with van der Waals surface area (Å²) in [6.45, 7) is 6.62. The molecule has 1 aromatic carbocycles. The number of hydrogen-bond acceptors (Lipinski definition) is 4. The Hall–Kier alpha value is -1.73. The third kappa shape index (κ3) is 6.25. The van der Waals surface area contributed by atoms with E-state index < -0.39 is 0 Å². The smallest absolute Gasteiger partial charge is 0.254 e. The Balaban J connectivity index is 2.07. The van der Waals surface area contributed by atoms with Crippen LogP contribution in [0, 0.1) is 12.8 Å². The van der Waals surface area contributed by atoms with Crippen molar-refractivity contribution < 1.29 is 9.59 Å². The summed E-state index contributed by atoms with van der Waals surface area (Å²) in [7, 11) is 0. The van der Waals surface area contributed by atoms with Crippen LogP contribution in [0.1, 0.15) is 36.3 Å². The van der Waals surface area contributed by atoms with Gasteiger partial charge in [0.2, 0.25) is 5.91 Å². The van der Waals surface area contributed by atoms with E-state index in [1.165, 1.54) is 11.3 Å². The minimum Gasteiger partial charge on any atom is -0.329 e. The molecule has 0 spiro atoms. The molecule has 0 bridgehead atoms. The summed E-state index contributed by atoms with van der Waals surface area (Å²) in [6.07, 6.45) is 0.839. The van der Waals surface area contributed by atoms with Gasteiger partial charge in [0, 0.05) is 22.0 Å². The van der Waals surface area contributed by atoms with Gasteiger partial charge in [0.15, 0.2) is 5.13 Å². The van der Waals surface area contributed by atoms with Crippen molar-refractivity contribution in [1.29, 1.82) is 0 Å². The number of aromatic nitrogens is 1. The minimum absolute atomic E-state index is 0.0141. The fraction of sp³-hybridized carbons (Fsp3) is 0.389. The van der Waals surface area contributed by atoms with Crippen LogP contribution in [0.4, 0.5) is 5.13 Å². The number of rotatable bonds is 7.